The Morgan fingerprint density at radius 3 is 2.39 bits per heavy atom. The van der Waals surface area contributed by atoms with Crippen LogP contribution in [0.15, 0.2) is 0 Å². The fourth-order valence-corrected chi connectivity index (χ4v) is 2.37. The summed E-state index contributed by atoms with van der Waals surface area (Å²) in [4.78, 5) is 22.7. The Kier molecular flexibility index (Phi) is 4.77. The number of hydrogen-bond donors (Lipinski definition) is 1. The minimum Gasteiger partial charge on any atom is -0.444 e. The predicted molar refractivity (Wildman–Crippen MR) is 70.4 cm³/mol. The lowest BCUT2D eigenvalue weighted by Gasteiger charge is -2.39. The average Bonchev–Trinajstić information content (AvgIpc) is 2.20. The molecule has 0 aliphatic heterocycles. The zero-order chi connectivity index (χ0) is 13.8. The van der Waals surface area contributed by atoms with Crippen LogP contribution in [0.3, 0.4) is 0 Å². The van der Waals surface area contributed by atoms with Crippen molar-refractivity contribution in [3.63, 3.8) is 0 Å². The summed E-state index contributed by atoms with van der Waals surface area (Å²) < 4.78 is 5.27. The van der Waals surface area contributed by atoms with Crippen molar-refractivity contribution in [3.05, 3.63) is 0 Å². The summed E-state index contributed by atoms with van der Waals surface area (Å²) in [5.41, 5.74) is -0.898. The van der Waals surface area contributed by atoms with Crippen LogP contribution in [0, 0.1) is 5.92 Å². The quantitative estimate of drug-likeness (QED) is 0.789. The van der Waals surface area contributed by atoms with Gasteiger partial charge in [0.1, 0.15) is 11.9 Å². The topological polar surface area (TPSA) is 55.4 Å². The van der Waals surface area contributed by atoms with E-state index in [1.807, 2.05) is 20.8 Å². The third-order valence-electron chi connectivity index (χ3n) is 3.47. The summed E-state index contributed by atoms with van der Waals surface area (Å²) in [6.45, 7) is 7.71. The molecule has 4 heteroatoms. The Hall–Kier alpha value is -1.06. The van der Waals surface area contributed by atoms with Gasteiger partial charge in [-0.2, -0.15) is 0 Å². The van der Waals surface area contributed by atoms with E-state index in [1.165, 1.54) is 0 Å². The fourth-order valence-electron chi connectivity index (χ4n) is 2.37. The molecule has 1 saturated carbocycles. The van der Waals surface area contributed by atoms with Crippen molar-refractivity contribution in [2.75, 3.05) is 0 Å². The Morgan fingerprint density at radius 2 is 1.94 bits per heavy atom. The van der Waals surface area contributed by atoms with Crippen LogP contribution in [0.2, 0.25) is 0 Å². The SMILES string of the molecule is CC1CCC(CC=O)(NC(=O)OC(C)(C)C)CC1. The summed E-state index contributed by atoms with van der Waals surface area (Å²) in [5, 5.41) is 2.92. The Labute approximate surface area is 109 Å². The van der Waals surface area contributed by atoms with E-state index < -0.39 is 17.2 Å². The highest BCUT2D eigenvalue weighted by Crippen LogP contribution is 2.34. The second kappa shape index (κ2) is 5.72. The van der Waals surface area contributed by atoms with Gasteiger partial charge in [0, 0.05) is 6.42 Å². The Bertz CT molecular complexity index is 299. The number of aldehydes is 1. The monoisotopic (exact) mass is 255 g/mol. The van der Waals surface area contributed by atoms with Crippen molar-refractivity contribution in [1.29, 1.82) is 0 Å². The van der Waals surface area contributed by atoms with E-state index in [0.29, 0.717) is 12.3 Å². The van der Waals surface area contributed by atoms with Gasteiger partial charge in [0.15, 0.2) is 0 Å². The van der Waals surface area contributed by atoms with Gasteiger partial charge in [-0.25, -0.2) is 4.79 Å². The van der Waals surface area contributed by atoms with Gasteiger partial charge in [-0.3, -0.25) is 0 Å². The molecule has 4 nitrogen and oxygen atoms in total. The second-order valence-electron chi connectivity index (χ2n) is 6.46. The van der Waals surface area contributed by atoms with Crippen LogP contribution in [0.5, 0.6) is 0 Å². The van der Waals surface area contributed by atoms with Crippen LogP contribution in [0.1, 0.15) is 59.8 Å². The maximum absolute atomic E-state index is 11.8. The molecule has 1 fully saturated rings. The summed E-state index contributed by atoms with van der Waals surface area (Å²) in [5.74, 6) is 0.671. The van der Waals surface area contributed by atoms with Gasteiger partial charge in [0.25, 0.3) is 0 Å². The summed E-state index contributed by atoms with van der Waals surface area (Å²) in [6, 6.07) is 0. The third kappa shape index (κ3) is 4.67. The lowest BCUT2D eigenvalue weighted by atomic mass is 9.75. The maximum Gasteiger partial charge on any atom is 0.408 e. The van der Waals surface area contributed by atoms with Crippen LogP contribution in [-0.2, 0) is 9.53 Å². The van der Waals surface area contributed by atoms with Crippen LogP contribution < -0.4 is 5.32 Å². The molecule has 1 aliphatic rings. The summed E-state index contributed by atoms with van der Waals surface area (Å²) in [6.07, 6.45) is 4.65. The molecule has 0 spiro atoms. The molecule has 0 aromatic carbocycles. The Morgan fingerprint density at radius 1 is 1.39 bits per heavy atom. The zero-order valence-electron chi connectivity index (χ0n) is 11.9. The Balaban J connectivity index is 2.63. The first-order valence-corrected chi connectivity index (χ1v) is 6.71. The van der Waals surface area contributed by atoms with Crippen LogP contribution in [0.4, 0.5) is 4.79 Å². The first kappa shape index (κ1) is 15.0. The van der Waals surface area contributed by atoms with Gasteiger partial charge < -0.3 is 14.8 Å². The smallest absolute Gasteiger partial charge is 0.408 e. The van der Waals surface area contributed by atoms with E-state index in [1.54, 1.807) is 0 Å². The van der Waals surface area contributed by atoms with E-state index >= 15 is 0 Å². The molecule has 0 radical (unpaired) electrons. The molecule has 0 aromatic heterocycles. The van der Waals surface area contributed by atoms with Crippen molar-refractivity contribution in [3.8, 4) is 0 Å². The van der Waals surface area contributed by atoms with E-state index in [-0.39, 0.29) is 0 Å². The molecule has 1 N–H and O–H groups in total. The molecule has 0 saturated heterocycles. The number of carbonyl (C=O) groups is 2. The number of nitrogens with one attached hydrogen (secondary N) is 1. The lowest BCUT2D eigenvalue weighted by molar-refractivity contribution is -0.109. The summed E-state index contributed by atoms with van der Waals surface area (Å²) in [7, 11) is 0. The zero-order valence-corrected chi connectivity index (χ0v) is 11.9. The fraction of sp³-hybridized carbons (Fsp3) is 0.857. The maximum atomic E-state index is 11.8. The highest BCUT2D eigenvalue weighted by molar-refractivity contribution is 5.69. The molecule has 0 aromatic rings. The number of alkyl carbamates (subject to hydrolysis) is 1. The molecule has 18 heavy (non-hydrogen) atoms. The standard InChI is InChI=1S/C14H25NO3/c1-11-5-7-14(8-6-11,9-10-16)15-12(17)18-13(2,3)4/h10-11H,5-9H2,1-4H3,(H,15,17). The number of carbonyl (C=O) groups excluding carboxylic acids is 2. The molecule has 0 bridgehead atoms. The van der Waals surface area contributed by atoms with Gasteiger partial charge in [0.2, 0.25) is 0 Å². The number of amides is 1. The lowest BCUT2D eigenvalue weighted by Crippen LogP contribution is -2.52. The van der Waals surface area contributed by atoms with Crippen molar-refractivity contribution < 1.29 is 14.3 Å². The molecule has 104 valence electrons. The van der Waals surface area contributed by atoms with Crippen LogP contribution in [-0.4, -0.2) is 23.5 Å². The number of hydrogen-bond acceptors (Lipinski definition) is 3. The number of rotatable bonds is 3. The van der Waals surface area contributed by atoms with Crippen molar-refractivity contribution in [2.45, 2.75) is 70.9 Å². The molecule has 1 aliphatic carbocycles. The van der Waals surface area contributed by atoms with Crippen molar-refractivity contribution >= 4 is 12.4 Å². The average molecular weight is 255 g/mol. The van der Waals surface area contributed by atoms with Gasteiger partial charge in [-0.05, 0) is 52.4 Å². The van der Waals surface area contributed by atoms with Gasteiger partial charge >= 0.3 is 6.09 Å². The molecular formula is C14H25NO3. The molecule has 0 atom stereocenters. The molecule has 1 amide bonds. The predicted octanol–water partition coefficient (Wildman–Crippen LogP) is 3.05. The van der Waals surface area contributed by atoms with E-state index in [4.69, 9.17) is 4.74 Å². The number of ether oxygens (including phenoxy) is 1. The highest BCUT2D eigenvalue weighted by atomic mass is 16.6. The first-order valence-electron chi connectivity index (χ1n) is 6.71. The van der Waals surface area contributed by atoms with Crippen LogP contribution in [0.25, 0.3) is 0 Å². The second-order valence-corrected chi connectivity index (χ2v) is 6.46. The summed E-state index contributed by atoms with van der Waals surface area (Å²) >= 11 is 0. The molecule has 1 rings (SSSR count). The van der Waals surface area contributed by atoms with E-state index in [0.717, 1.165) is 32.0 Å². The molecular weight excluding hydrogens is 230 g/mol. The largest absolute Gasteiger partial charge is 0.444 e. The normalized spacial score (nSPS) is 28.6. The molecule has 0 unspecified atom stereocenters. The van der Waals surface area contributed by atoms with Crippen molar-refractivity contribution in [2.24, 2.45) is 5.92 Å². The van der Waals surface area contributed by atoms with E-state index in [2.05, 4.69) is 12.2 Å². The van der Waals surface area contributed by atoms with Crippen molar-refractivity contribution in [1.82, 2.24) is 5.32 Å². The van der Waals surface area contributed by atoms with Gasteiger partial charge in [-0.1, -0.05) is 6.92 Å². The molecule has 0 heterocycles. The highest BCUT2D eigenvalue weighted by Gasteiger charge is 2.36. The van der Waals surface area contributed by atoms with E-state index in [9.17, 15) is 9.59 Å². The van der Waals surface area contributed by atoms with Gasteiger partial charge in [0.05, 0.1) is 5.54 Å². The third-order valence-corrected chi connectivity index (χ3v) is 3.47. The van der Waals surface area contributed by atoms with Gasteiger partial charge in [-0.15, -0.1) is 0 Å². The van der Waals surface area contributed by atoms with Crippen LogP contribution >= 0.6 is 0 Å². The minimum atomic E-state index is -0.506. The first-order chi connectivity index (χ1) is 8.26. The minimum absolute atomic E-state index is 0.374.